The average Bonchev–Trinajstić information content (AvgIpc) is 0.837. The molecule has 0 saturated heterocycles. The van der Waals surface area contributed by atoms with Crippen molar-refractivity contribution in [2.75, 3.05) is 76.9 Å². The summed E-state index contributed by atoms with van der Waals surface area (Å²) in [5.74, 6) is -23.8. The second kappa shape index (κ2) is 57.3. The van der Waals surface area contributed by atoms with Crippen molar-refractivity contribution >= 4 is 156 Å². The summed E-state index contributed by atoms with van der Waals surface area (Å²) in [7, 11) is -0.798. The fraction of sp³-hybridized carbons (Fsp3) is 0.500. The van der Waals surface area contributed by atoms with E-state index in [2.05, 4.69) is 111 Å². The van der Waals surface area contributed by atoms with Crippen LogP contribution in [0, 0.1) is 17.8 Å². The van der Waals surface area contributed by atoms with Crippen LogP contribution in [0.15, 0.2) is 113 Å². The van der Waals surface area contributed by atoms with Crippen LogP contribution in [0.3, 0.4) is 0 Å². The van der Waals surface area contributed by atoms with Gasteiger partial charge < -0.3 is 131 Å². The van der Waals surface area contributed by atoms with E-state index in [-0.39, 0.29) is 66.9 Å². The van der Waals surface area contributed by atoms with E-state index < -0.39 is 284 Å². The second-order valence-electron chi connectivity index (χ2n) is 33.0. The van der Waals surface area contributed by atoms with Gasteiger partial charge in [0.15, 0.2) is 0 Å². The SMILES string of the molecule is CC[C@H](C)[C@H](NC(=O)c1ccc(N=Nc2ccc(N(C)C)cc2)cc1)C(=O)N[C@@H](CO)C(=O)NCC(=O)N[C@@H](C)C(=O)N[C@@H](CO)C(=O)N[C@@H](CCC(=O)O)C(=O)N[C@@H](CCCCNC(C)=O)C(=O)N[C@@H](CC(=O)O)C(=O)N[C@H](C(=O)N[C@H](C(=O)N[C@@H](Cc1cnc[nH]1)C(=O)N[C@@H](CO)C(=O)N[C@@H](CCC(=O)NCCNc1cccc2c(S(=O)(=O)O)cccc12)C(=O)NCC(=O)O)C(C)C)[C@@H](C)CC. The predicted octanol–water partition coefficient (Wildman–Crippen LogP) is -3.32. The molecule has 0 unspecified atom stereocenters. The number of aromatic nitrogens is 2. The van der Waals surface area contributed by atoms with E-state index in [1.165, 1.54) is 88.8 Å². The van der Waals surface area contributed by atoms with E-state index >= 15 is 0 Å². The van der Waals surface area contributed by atoms with Gasteiger partial charge in [0.2, 0.25) is 88.6 Å². The van der Waals surface area contributed by atoms with Gasteiger partial charge in [0.05, 0.1) is 50.5 Å². The maximum atomic E-state index is 14.6. The maximum absolute atomic E-state index is 14.6. The number of carbonyl (C=O) groups is 19. The van der Waals surface area contributed by atoms with Crippen molar-refractivity contribution in [2.45, 2.75) is 203 Å². The highest BCUT2D eigenvalue weighted by atomic mass is 32.2. The lowest BCUT2D eigenvalue weighted by Gasteiger charge is -2.30. The highest BCUT2D eigenvalue weighted by Gasteiger charge is 2.40. The molecule has 0 bridgehead atoms. The number of nitrogens with zero attached hydrogens (tertiary/aromatic N) is 4. The number of aliphatic hydroxyl groups is 3. The van der Waals surface area contributed by atoms with Gasteiger partial charge in [-0.2, -0.15) is 18.6 Å². The predicted molar refractivity (Wildman–Crippen MR) is 497 cm³/mol. The standard InChI is InChI=1S/C88H124N22O28S/c1-11-47(5)74(106-77(124)51-22-24-52(25-23-51)108-109-53-26-28-55(29-27-53)110(9)10)87(134)104-64(42-111)79(126)93-40-69(116)96-49(7)76(123)102-65(43-112)84(131)99-61(31-33-70(117)118)81(128)97-59(19-13-14-34-90-50(8)114)80(127)100-63(38-71(119)120)83(130)107-75(48(6)12-2)88(135)105-73(46(3)4)86(133)101-62(37-54-39-89-45-95-54)82(129)103-66(44-113)85(132)98-60(78(125)94-41-72(121)122)30-32-68(115)92-36-35-91-58-20-15-18-57-56(58)17-16-21-67(57)139(136,137)138/h15-18,20-29,39,45-49,59-66,73-75,91,111-113H,11-14,19,30-38,40-44H2,1-10H3,(H,89,95)(H,90,114)(H,92,115)(H,93,126)(H,94,125)(H,96,116)(H,97,128)(H,98,132)(H,99,131)(H,100,127)(H,101,133)(H,102,123)(H,103,129)(H,104,134)(H,105,135)(H,106,124)(H,107,130)(H,117,118)(H,119,120)(H,121,122)(H,136,137,138)/t47-,48-,49-,59-,60-,61-,62-,63-,64-,65-,66-,73-,74-,75-/m0/s1. The van der Waals surface area contributed by atoms with Crippen LogP contribution in [0.2, 0.25) is 0 Å². The Hall–Kier alpha value is -14.7. The van der Waals surface area contributed by atoms with Gasteiger partial charge in [-0.05, 0) is 117 Å². The summed E-state index contributed by atoms with van der Waals surface area (Å²) < 4.78 is 33.7. The highest BCUT2D eigenvalue weighted by molar-refractivity contribution is 7.86. The van der Waals surface area contributed by atoms with Gasteiger partial charge in [-0.25, -0.2) is 4.98 Å². The molecule has 760 valence electrons. The number of aliphatic carboxylic acids is 3. The number of anilines is 2. The monoisotopic (exact) mass is 1970 g/mol. The van der Waals surface area contributed by atoms with Crippen LogP contribution in [0.1, 0.15) is 136 Å². The number of azo groups is 1. The molecule has 0 aliphatic heterocycles. The number of carbonyl (C=O) groups excluding carboxylic acids is 16. The van der Waals surface area contributed by atoms with Crippen LogP contribution >= 0.6 is 0 Å². The number of hydrogen-bond acceptors (Lipinski definition) is 29. The van der Waals surface area contributed by atoms with Crippen LogP contribution in [0.4, 0.5) is 22.7 Å². The van der Waals surface area contributed by atoms with Gasteiger partial charge in [0, 0.05) is 99.5 Å². The molecule has 0 saturated carbocycles. The van der Waals surface area contributed by atoms with Crippen molar-refractivity contribution in [3.05, 3.63) is 109 Å². The molecule has 0 radical (unpaired) electrons. The Bertz CT molecular complexity index is 5260. The average molecular weight is 1970 g/mol. The summed E-state index contributed by atoms with van der Waals surface area (Å²) in [6, 6.07) is 1.25. The molecular weight excluding hydrogens is 1850 g/mol. The molecule has 51 heteroatoms. The zero-order chi connectivity index (χ0) is 104. The van der Waals surface area contributed by atoms with Crippen LogP contribution in [0.25, 0.3) is 10.8 Å². The molecule has 25 N–H and O–H groups in total. The maximum Gasteiger partial charge on any atom is 0.322 e. The molecule has 0 spiro atoms. The third kappa shape index (κ3) is 38.8. The van der Waals surface area contributed by atoms with E-state index in [0.717, 1.165) is 12.6 Å². The molecule has 4 aromatic carbocycles. The van der Waals surface area contributed by atoms with Gasteiger partial charge in [-0.1, -0.05) is 78.6 Å². The van der Waals surface area contributed by atoms with E-state index in [4.69, 9.17) is 0 Å². The first-order valence-electron chi connectivity index (χ1n) is 44.4. The lowest BCUT2D eigenvalue weighted by Crippen LogP contribution is -2.62. The first-order valence-corrected chi connectivity index (χ1v) is 45.8. The smallest absolute Gasteiger partial charge is 0.322 e. The number of carboxylic acids is 3. The summed E-state index contributed by atoms with van der Waals surface area (Å²) in [6.07, 6.45) is -1.54. The summed E-state index contributed by atoms with van der Waals surface area (Å²) in [5, 5.41) is 110. The van der Waals surface area contributed by atoms with E-state index in [0.29, 0.717) is 28.9 Å². The minimum absolute atomic E-state index is 0.0169. The number of unbranched alkanes of at least 4 members (excludes halogenated alkanes) is 1. The van der Waals surface area contributed by atoms with Gasteiger partial charge in [-0.15, -0.1) is 0 Å². The number of aromatic amines is 1. The normalized spacial score (nSPS) is 14.3. The van der Waals surface area contributed by atoms with Gasteiger partial charge in [0.25, 0.3) is 16.0 Å². The first kappa shape index (κ1) is 115. The lowest BCUT2D eigenvalue weighted by atomic mass is 9.95. The Morgan fingerprint density at radius 3 is 1.45 bits per heavy atom. The summed E-state index contributed by atoms with van der Waals surface area (Å²) in [6.45, 7) is 6.58. The quantitative estimate of drug-likeness (QED) is 0.0103. The third-order valence-electron chi connectivity index (χ3n) is 21.7. The first-order chi connectivity index (χ1) is 65.7. The summed E-state index contributed by atoms with van der Waals surface area (Å²) >= 11 is 0. The molecule has 0 aliphatic carbocycles. The largest absolute Gasteiger partial charge is 0.481 e. The topological polar surface area (TPSA) is 761 Å². The zero-order valence-corrected chi connectivity index (χ0v) is 79.1. The molecule has 50 nitrogen and oxygen atoms in total. The molecule has 1 heterocycles. The molecule has 5 aromatic rings. The molecule has 0 aliphatic rings. The number of benzene rings is 4. The molecule has 16 amide bonds. The van der Waals surface area contributed by atoms with Crippen molar-refractivity contribution in [3.8, 4) is 0 Å². The Kier molecular flexibility index (Phi) is 47.3. The van der Waals surface area contributed by atoms with Crippen molar-refractivity contribution in [1.82, 2.24) is 95.0 Å². The third-order valence-corrected chi connectivity index (χ3v) is 22.6. The van der Waals surface area contributed by atoms with Gasteiger partial charge in [0.1, 0.15) is 83.9 Å². The zero-order valence-electron chi connectivity index (χ0n) is 78.2. The molecule has 1 aromatic heterocycles. The van der Waals surface area contributed by atoms with Crippen molar-refractivity contribution in [3.63, 3.8) is 0 Å². The lowest BCUT2D eigenvalue weighted by molar-refractivity contribution is -0.142. The number of hydrogen-bond donors (Lipinski definition) is 25. The number of fused-ring (bicyclic) bond motifs is 1. The Morgan fingerprint density at radius 1 is 0.439 bits per heavy atom. The highest BCUT2D eigenvalue weighted by Crippen LogP contribution is 2.29. The minimum Gasteiger partial charge on any atom is -0.481 e. The fourth-order valence-electron chi connectivity index (χ4n) is 13.4. The Balaban J connectivity index is 1.24. The van der Waals surface area contributed by atoms with E-state index in [1.807, 2.05) is 31.1 Å². The van der Waals surface area contributed by atoms with Crippen molar-refractivity contribution in [2.24, 2.45) is 28.0 Å². The number of carboxylic acid groups (broad SMARTS) is 3. The van der Waals surface area contributed by atoms with Crippen LogP contribution in [0.5, 0.6) is 0 Å². The number of rotatable bonds is 60. The molecule has 14 atom stereocenters. The van der Waals surface area contributed by atoms with Gasteiger partial charge >= 0.3 is 17.9 Å². The summed E-state index contributed by atoms with van der Waals surface area (Å²) in [4.78, 5) is 265. The van der Waals surface area contributed by atoms with E-state index in [9.17, 15) is 135 Å². The summed E-state index contributed by atoms with van der Waals surface area (Å²) in [5.41, 5.74) is 2.76. The molecular formula is C88H124N22O28S. The van der Waals surface area contributed by atoms with Crippen molar-refractivity contribution in [1.29, 1.82) is 0 Å². The number of imidazole rings is 1. The van der Waals surface area contributed by atoms with Crippen LogP contribution in [-0.2, 0) is 103 Å². The van der Waals surface area contributed by atoms with Crippen molar-refractivity contribution < 1.29 is 135 Å². The number of H-pyrrole nitrogens is 1. The molecule has 5 rings (SSSR count). The van der Waals surface area contributed by atoms with Crippen LogP contribution < -0.4 is 95.3 Å². The van der Waals surface area contributed by atoms with Crippen LogP contribution in [-0.4, -0.2) is 305 Å². The number of amides is 16. The fourth-order valence-corrected chi connectivity index (χ4v) is 14.1. The van der Waals surface area contributed by atoms with E-state index in [1.54, 1.807) is 45.0 Å². The Labute approximate surface area is 799 Å². The second-order valence-corrected chi connectivity index (χ2v) is 34.4. The Morgan fingerprint density at radius 2 is 0.906 bits per heavy atom. The minimum atomic E-state index is -4.59. The number of aliphatic hydroxyl groups excluding tert-OH is 3. The van der Waals surface area contributed by atoms with Gasteiger partial charge in [-0.3, -0.25) is 95.6 Å². The number of nitrogens with one attached hydrogen (secondary N) is 18. The molecule has 139 heavy (non-hydrogen) atoms. The molecule has 0 fully saturated rings.